The number of nitriles is 1. The molecule has 0 fully saturated rings. The van der Waals surface area contributed by atoms with Crippen molar-refractivity contribution in [3.8, 4) is 11.8 Å². The number of nitrogens with one attached hydrogen (secondary N) is 1. The smallest absolute Gasteiger partial charge is 0.240 e. The summed E-state index contributed by atoms with van der Waals surface area (Å²) < 4.78 is 2.35. The van der Waals surface area contributed by atoms with E-state index < -0.39 is 0 Å². The van der Waals surface area contributed by atoms with Crippen LogP contribution in [0.4, 0.5) is 5.82 Å². The molecule has 0 aliphatic rings. The zero-order valence-corrected chi connectivity index (χ0v) is 11.9. The summed E-state index contributed by atoms with van der Waals surface area (Å²) >= 11 is 8.81. The quantitative estimate of drug-likeness (QED) is 0.874. The van der Waals surface area contributed by atoms with Gasteiger partial charge in [0.05, 0.1) is 5.69 Å². The molecule has 1 aromatic carbocycles. The fourth-order valence-corrected chi connectivity index (χ4v) is 1.96. The number of anilines is 1. The van der Waals surface area contributed by atoms with E-state index in [1.54, 1.807) is 0 Å². The Hall–Kier alpha value is -1.84. The van der Waals surface area contributed by atoms with Crippen LogP contribution in [0.15, 0.2) is 34.8 Å². The number of hydrogen-bond donors (Lipinski definition) is 1. The largest absolute Gasteiger partial charge is 0.310 e. The number of amides is 1. The van der Waals surface area contributed by atoms with E-state index in [1.165, 1.54) is 10.7 Å². The minimum Gasteiger partial charge on any atom is -0.310 e. The summed E-state index contributed by atoms with van der Waals surface area (Å²) in [6.45, 7) is 0. The van der Waals surface area contributed by atoms with Crippen molar-refractivity contribution in [1.29, 1.82) is 5.26 Å². The lowest BCUT2D eigenvalue weighted by molar-refractivity contribution is -0.113. The van der Waals surface area contributed by atoms with Crippen molar-refractivity contribution >= 4 is 39.3 Å². The first-order valence-electron chi connectivity index (χ1n) is 5.26. The van der Waals surface area contributed by atoms with Crippen molar-refractivity contribution in [2.24, 2.45) is 0 Å². The molecule has 0 aliphatic heterocycles. The molecule has 0 unspecified atom stereocenters. The third kappa shape index (κ3) is 3.13. The number of hydrogen-bond acceptors (Lipinski definition) is 3. The van der Waals surface area contributed by atoms with Crippen molar-refractivity contribution in [1.82, 2.24) is 9.78 Å². The fourth-order valence-electron chi connectivity index (χ4n) is 1.51. The first-order valence-corrected chi connectivity index (χ1v) is 6.58. The zero-order chi connectivity index (χ0) is 13.8. The number of nitrogens with zero attached hydrogens (tertiary/aromatic N) is 3. The van der Waals surface area contributed by atoms with Crippen LogP contribution < -0.4 is 5.32 Å². The number of aromatic nitrogens is 2. The van der Waals surface area contributed by atoms with Crippen LogP contribution in [-0.2, 0) is 4.79 Å². The van der Waals surface area contributed by atoms with Crippen LogP contribution >= 0.6 is 27.5 Å². The third-order valence-corrected chi connectivity index (χ3v) is 3.00. The Kier molecular flexibility index (Phi) is 4.20. The van der Waals surface area contributed by atoms with Crippen LogP contribution in [0.2, 0.25) is 0 Å². The van der Waals surface area contributed by atoms with Gasteiger partial charge in [-0.1, -0.05) is 22.0 Å². The SMILES string of the molecule is N#Cc1cc(NC(=O)CCl)n(-c2cccc(Br)c2)n1. The Labute approximate surface area is 122 Å². The summed E-state index contributed by atoms with van der Waals surface area (Å²) in [4.78, 5) is 11.4. The van der Waals surface area contributed by atoms with Crippen LogP contribution in [0.25, 0.3) is 5.69 Å². The van der Waals surface area contributed by atoms with Gasteiger partial charge in [-0.2, -0.15) is 10.4 Å². The lowest BCUT2D eigenvalue weighted by atomic mass is 10.3. The Balaban J connectivity index is 2.47. The van der Waals surface area contributed by atoms with Crippen molar-refractivity contribution in [2.45, 2.75) is 0 Å². The summed E-state index contributed by atoms with van der Waals surface area (Å²) in [5.74, 6) is -0.117. The van der Waals surface area contributed by atoms with Gasteiger partial charge in [0.2, 0.25) is 5.91 Å². The molecule has 0 saturated heterocycles. The molecule has 0 saturated carbocycles. The molecule has 1 amide bonds. The molecular formula is C12H8BrClN4O. The maximum Gasteiger partial charge on any atom is 0.240 e. The average Bonchev–Trinajstić information content (AvgIpc) is 2.81. The molecule has 5 nitrogen and oxygen atoms in total. The summed E-state index contributed by atoms with van der Waals surface area (Å²) in [6.07, 6.45) is 0. The topological polar surface area (TPSA) is 70.7 Å². The molecule has 0 bridgehead atoms. The van der Waals surface area contributed by atoms with Crippen molar-refractivity contribution in [3.05, 3.63) is 40.5 Å². The summed E-state index contributed by atoms with van der Waals surface area (Å²) in [5, 5.41) is 15.6. The minimum absolute atomic E-state index is 0.161. The van der Waals surface area contributed by atoms with Gasteiger partial charge in [0, 0.05) is 10.5 Å². The van der Waals surface area contributed by atoms with Gasteiger partial charge in [-0.15, -0.1) is 11.6 Å². The van der Waals surface area contributed by atoms with Gasteiger partial charge in [-0.3, -0.25) is 4.79 Å². The van der Waals surface area contributed by atoms with Crippen molar-refractivity contribution < 1.29 is 4.79 Å². The number of halogens is 2. The van der Waals surface area contributed by atoms with Gasteiger partial charge in [-0.25, -0.2) is 4.68 Å². The number of carbonyl (C=O) groups excluding carboxylic acids is 1. The predicted octanol–water partition coefficient (Wildman–Crippen LogP) is 2.68. The molecule has 0 spiro atoms. The van der Waals surface area contributed by atoms with Gasteiger partial charge in [0.1, 0.15) is 17.8 Å². The van der Waals surface area contributed by atoms with Crippen molar-refractivity contribution in [3.63, 3.8) is 0 Å². The van der Waals surface area contributed by atoms with E-state index in [2.05, 4.69) is 26.3 Å². The molecule has 0 atom stereocenters. The van der Waals surface area contributed by atoms with E-state index in [0.29, 0.717) is 5.82 Å². The highest BCUT2D eigenvalue weighted by Gasteiger charge is 2.12. The molecule has 19 heavy (non-hydrogen) atoms. The third-order valence-electron chi connectivity index (χ3n) is 2.27. The van der Waals surface area contributed by atoms with E-state index >= 15 is 0 Å². The molecule has 0 radical (unpaired) electrons. The number of rotatable bonds is 3. The molecule has 1 heterocycles. The molecule has 0 aliphatic carbocycles. The summed E-state index contributed by atoms with van der Waals surface area (Å²) in [5.41, 5.74) is 0.936. The number of alkyl halides is 1. The van der Waals surface area contributed by atoms with E-state index in [4.69, 9.17) is 16.9 Å². The summed E-state index contributed by atoms with van der Waals surface area (Å²) in [6, 6.07) is 10.8. The van der Waals surface area contributed by atoms with Gasteiger partial charge < -0.3 is 5.32 Å². The minimum atomic E-state index is -0.359. The average molecular weight is 340 g/mol. The Morgan fingerprint density at radius 3 is 2.95 bits per heavy atom. The molecule has 7 heteroatoms. The number of benzene rings is 1. The highest BCUT2D eigenvalue weighted by molar-refractivity contribution is 9.10. The predicted molar refractivity (Wildman–Crippen MR) is 75.3 cm³/mol. The van der Waals surface area contributed by atoms with Gasteiger partial charge in [0.25, 0.3) is 0 Å². The van der Waals surface area contributed by atoms with Crippen molar-refractivity contribution in [2.75, 3.05) is 11.2 Å². The molecule has 1 N–H and O–H groups in total. The molecule has 96 valence electrons. The molecular weight excluding hydrogens is 332 g/mol. The fraction of sp³-hybridized carbons (Fsp3) is 0.0833. The van der Waals surface area contributed by atoms with E-state index in [9.17, 15) is 4.79 Å². The standard InChI is InChI=1S/C12H8BrClN4O/c13-8-2-1-3-10(4-8)18-11(16-12(19)6-14)5-9(7-15)17-18/h1-5H,6H2,(H,16,19). The molecule has 2 aromatic rings. The molecule has 2 rings (SSSR count). The highest BCUT2D eigenvalue weighted by atomic mass is 79.9. The van der Waals surface area contributed by atoms with Gasteiger partial charge in [-0.05, 0) is 18.2 Å². The van der Waals surface area contributed by atoms with Crippen LogP contribution in [0.3, 0.4) is 0 Å². The van der Waals surface area contributed by atoms with Gasteiger partial charge in [0.15, 0.2) is 5.69 Å². The monoisotopic (exact) mass is 338 g/mol. The Morgan fingerprint density at radius 2 is 2.32 bits per heavy atom. The van der Waals surface area contributed by atoms with Crippen LogP contribution in [0, 0.1) is 11.3 Å². The normalized spacial score (nSPS) is 9.95. The van der Waals surface area contributed by atoms with Crippen LogP contribution in [0.1, 0.15) is 5.69 Å². The lowest BCUT2D eigenvalue weighted by Crippen LogP contribution is -2.15. The number of carbonyl (C=O) groups is 1. The maximum atomic E-state index is 11.4. The first kappa shape index (κ1) is 13.6. The summed E-state index contributed by atoms with van der Waals surface area (Å²) in [7, 11) is 0. The molecule has 1 aromatic heterocycles. The van der Waals surface area contributed by atoms with Crippen LogP contribution in [0.5, 0.6) is 0 Å². The Morgan fingerprint density at radius 1 is 1.53 bits per heavy atom. The van der Waals surface area contributed by atoms with Gasteiger partial charge >= 0.3 is 0 Å². The second-order valence-electron chi connectivity index (χ2n) is 3.60. The maximum absolute atomic E-state index is 11.4. The second kappa shape index (κ2) is 5.87. The second-order valence-corrected chi connectivity index (χ2v) is 4.78. The zero-order valence-electron chi connectivity index (χ0n) is 9.60. The Bertz CT molecular complexity index is 662. The first-order chi connectivity index (χ1) is 9.13. The van der Waals surface area contributed by atoms with E-state index in [0.717, 1.165) is 10.2 Å². The lowest BCUT2D eigenvalue weighted by Gasteiger charge is -2.07. The van der Waals surface area contributed by atoms with E-state index in [-0.39, 0.29) is 17.5 Å². The highest BCUT2D eigenvalue weighted by Crippen LogP contribution is 2.20. The van der Waals surface area contributed by atoms with E-state index in [1.807, 2.05) is 30.3 Å². The van der Waals surface area contributed by atoms with Crippen LogP contribution in [-0.4, -0.2) is 21.6 Å².